The molecule has 0 heterocycles. The summed E-state index contributed by atoms with van der Waals surface area (Å²) in [4.78, 5) is 12.1. The fourth-order valence-electron chi connectivity index (χ4n) is 3.11. The number of amides is 1. The summed E-state index contributed by atoms with van der Waals surface area (Å²) in [5.74, 6) is 4.72. The Labute approximate surface area is 165 Å². The maximum absolute atomic E-state index is 12.1. The number of benzene rings is 3. The van der Waals surface area contributed by atoms with E-state index in [0.29, 0.717) is 12.0 Å². The number of hydrogen-bond acceptors (Lipinski definition) is 3. The molecule has 0 unspecified atom stereocenters. The van der Waals surface area contributed by atoms with Crippen molar-refractivity contribution in [2.24, 2.45) is 5.84 Å². The summed E-state index contributed by atoms with van der Waals surface area (Å²) in [6, 6.07) is 19.3. The highest BCUT2D eigenvalue weighted by atomic mass is 35.5. The van der Waals surface area contributed by atoms with Crippen molar-refractivity contribution in [3.05, 3.63) is 88.5 Å². The van der Waals surface area contributed by atoms with E-state index in [1.54, 1.807) is 6.07 Å². The molecule has 4 nitrogen and oxygen atoms in total. The second-order valence-corrected chi connectivity index (χ2v) is 6.41. The van der Waals surface area contributed by atoms with Gasteiger partial charge in [-0.15, -0.1) is 12.4 Å². The fourth-order valence-corrected chi connectivity index (χ4v) is 3.11. The molecule has 27 heavy (non-hydrogen) atoms. The highest BCUT2D eigenvalue weighted by molar-refractivity contribution is 5.99. The number of aromatic hydroxyl groups is 1. The third-order valence-corrected chi connectivity index (χ3v) is 4.74. The Bertz CT molecular complexity index is 956. The number of halogens is 1. The van der Waals surface area contributed by atoms with Crippen molar-refractivity contribution < 1.29 is 9.90 Å². The Morgan fingerprint density at radius 1 is 1.04 bits per heavy atom. The quantitative estimate of drug-likeness (QED) is 0.358. The molecular weight excluding hydrogens is 360 g/mol. The first-order valence-corrected chi connectivity index (χ1v) is 8.48. The van der Waals surface area contributed by atoms with E-state index in [0.717, 1.165) is 11.1 Å². The van der Waals surface area contributed by atoms with Crippen molar-refractivity contribution in [3.63, 3.8) is 0 Å². The molecule has 0 spiro atoms. The topological polar surface area (TPSA) is 75.4 Å². The number of nitrogens with two attached hydrogens (primary N) is 1. The Morgan fingerprint density at radius 2 is 1.74 bits per heavy atom. The highest BCUT2D eigenvalue weighted by Crippen LogP contribution is 2.34. The van der Waals surface area contributed by atoms with Crippen LogP contribution in [0.2, 0.25) is 0 Å². The highest BCUT2D eigenvalue weighted by Gasteiger charge is 2.17. The number of aryl methyl sites for hydroxylation is 1. The van der Waals surface area contributed by atoms with Crippen LogP contribution < -0.4 is 11.3 Å². The molecular formula is C22H23ClN2O2. The predicted molar refractivity (Wildman–Crippen MR) is 111 cm³/mol. The number of rotatable bonds is 4. The Hall–Kier alpha value is -2.82. The van der Waals surface area contributed by atoms with Crippen molar-refractivity contribution in [1.29, 1.82) is 0 Å². The van der Waals surface area contributed by atoms with E-state index in [4.69, 9.17) is 5.84 Å². The van der Waals surface area contributed by atoms with E-state index in [2.05, 4.69) is 31.4 Å². The van der Waals surface area contributed by atoms with Crippen molar-refractivity contribution in [2.75, 3.05) is 0 Å². The van der Waals surface area contributed by atoms with Crippen molar-refractivity contribution >= 4 is 18.3 Å². The molecule has 0 radical (unpaired) electrons. The van der Waals surface area contributed by atoms with Gasteiger partial charge >= 0.3 is 0 Å². The van der Waals surface area contributed by atoms with E-state index in [9.17, 15) is 9.90 Å². The molecule has 0 saturated carbocycles. The van der Waals surface area contributed by atoms with Crippen LogP contribution in [0.25, 0.3) is 11.1 Å². The van der Waals surface area contributed by atoms with Crippen LogP contribution in [0.15, 0.2) is 60.7 Å². The van der Waals surface area contributed by atoms with Gasteiger partial charge in [0.2, 0.25) is 0 Å². The van der Waals surface area contributed by atoms with Crippen LogP contribution in [0.5, 0.6) is 5.75 Å². The number of carbonyl (C=O) groups is 1. The van der Waals surface area contributed by atoms with Gasteiger partial charge in [-0.05, 0) is 60.2 Å². The molecule has 0 bridgehead atoms. The molecule has 0 aliphatic rings. The number of carbonyl (C=O) groups excluding carboxylic acids is 1. The van der Waals surface area contributed by atoms with Gasteiger partial charge in [-0.2, -0.15) is 0 Å². The average Bonchev–Trinajstić information content (AvgIpc) is 2.66. The number of phenolic OH excluding ortho intramolecular Hbond substituents is 1. The van der Waals surface area contributed by atoms with Crippen LogP contribution >= 0.6 is 12.4 Å². The van der Waals surface area contributed by atoms with Gasteiger partial charge in [-0.1, -0.05) is 48.5 Å². The van der Waals surface area contributed by atoms with Crippen LogP contribution in [0.3, 0.4) is 0 Å². The Balaban J connectivity index is 0.00000261. The molecule has 3 aromatic carbocycles. The molecule has 0 saturated heterocycles. The minimum absolute atomic E-state index is 0. The van der Waals surface area contributed by atoms with Crippen LogP contribution in [-0.4, -0.2) is 11.0 Å². The maximum Gasteiger partial charge on any atom is 0.268 e. The lowest BCUT2D eigenvalue weighted by atomic mass is 9.92. The first kappa shape index (κ1) is 20.5. The van der Waals surface area contributed by atoms with Crippen LogP contribution in [0.1, 0.15) is 32.6 Å². The standard InChI is InChI=1S/C22H22N2O2.ClH/c1-14-7-6-10-18(15(14)2)11-16-12-19(17-8-4-3-5-9-17)21(25)20(13-16)22(26)24-23;/h3-10,12-13,25H,11,23H2,1-2H3,(H,24,26);1H. The summed E-state index contributed by atoms with van der Waals surface area (Å²) in [5, 5.41) is 10.6. The Kier molecular flexibility index (Phi) is 6.61. The number of nitrogen functional groups attached to an aromatic ring is 1. The first-order chi connectivity index (χ1) is 12.5. The van der Waals surface area contributed by atoms with Crippen LogP contribution in [0.4, 0.5) is 0 Å². The fraction of sp³-hybridized carbons (Fsp3) is 0.136. The van der Waals surface area contributed by atoms with Crippen molar-refractivity contribution in [1.82, 2.24) is 5.43 Å². The zero-order valence-corrected chi connectivity index (χ0v) is 16.1. The minimum atomic E-state index is -0.512. The monoisotopic (exact) mass is 382 g/mol. The van der Waals surface area contributed by atoms with E-state index in [-0.39, 0.29) is 23.7 Å². The van der Waals surface area contributed by atoms with E-state index in [1.165, 1.54) is 16.7 Å². The number of hydrazine groups is 1. The number of hydrogen-bond donors (Lipinski definition) is 3. The summed E-state index contributed by atoms with van der Waals surface area (Å²) < 4.78 is 0. The molecule has 0 atom stereocenters. The van der Waals surface area contributed by atoms with Gasteiger partial charge in [0.1, 0.15) is 5.75 Å². The SMILES string of the molecule is Cc1cccc(Cc2cc(C(=O)NN)c(O)c(-c3ccccc3)c2)c1C.Cl. The summed E-state index contributed by atoms with van der Waals surface area (Å²) in [7, 11) is 0. The summed E-state index contributed by atoms with van der Waals surface area (Å²) >= 11 is 0. The zero-order valence-electron chi connectivity index (χ0n) is 15.3. The minimum Gasteiger partial charge on any atom is -0.506 e. The molecule has 0 aliphatic heterocycles. The van der Waals surface area contributed by atoms with Gasteiger partial charge in [0.25, 0.3) is 5.91 Å². The lowest BCUT2D eigenvalue weighted by Gasteiger charge is -2.14. The molecule has 3 aromatic rings. The number of nitrogens with one attached hydrogen (secondary N) is 1. The van der Waals surface area contributed by atoms with Gasteiger partial charge in [-0.25, -0.2) is 5.84 Å². The van der Waals surface area contributed by atoms with Gasteiger partial charge in [0.05, 0.1) is 5.56 Å². The van der Waals surface area contributed by atoms with Crippen molar-refractivity contribution in [3.8, 4) is 16.9 Å². The molecule has 4 N–H and O–H groups in total. The van der Waals surface area contributed by atoms with Gasteiger partial charge in [-0.3, -0.25) is 10.2 Å². The lowest BCUT2D eigenvalue weighted by Crippen LogP contribution is -2.30. The molecule has 140 valence electrons. The third kappa shape index (κ3) is 4.30. The summed E-state index contributed by atoms with van der Waals surface area (Å²) in [6.45, 7) is 4.18. The first-order valence-electron chi connectivity index (χ1n) is 8.48. The summed E-state index contributed by atoms with van der Waals surface area (Å²) in [5.41, 5.74) is 8.33. The largest absolute Gasteiger partial charge is 0.506 e. The van der Waals surface area contributed by atoms with E-state index >= 15 is 0 Å². The van der Waals surface area contributed by atoms with Crippen molar-refractivity contribution in [2.45, 2.75) is 20.3 Å². The molecule has 0 aromatic heterocycles. The van der Waals surface area contributed by atoms with Gasteiger partial charge in [0.15, 0.2) is 0 Å². The van der Waals surface area contributed by atoms with Crippen LogP contribution in [-0.2, 0) is 6.42 Å². The molecule has 5 heteroatoms. The van der Waals surface area contributed by atoms with Gasteiger partial charge in [0, 0.05) is 5.56 Å². The predicted octanol–water partition coefficient (Wildman–Crippen LogP) is 4.29. The zero-order chi connectivity index (χ0) is 18.7. The van der Waals surface area contributed by atoms with Gasteiger partial charge < -0.3 is 5.11 Å². The molecule has 0 fully saturated rings. The lowest BCUT2D eigenvalue weighted by molar-refractivity contribution is 0.0951. The molecule has 1 amide bonds. The normalized spacial score (nSPS) is 10.2. The third-order valence-electron chi connectivity index (χ3n) is 4.74. The summed E-state index contributed by atoms with van der Waals surface area (Å²) in [6.07, 6.45) is 0.665. The second-order valence-electron chi connectivity index (χ2n) is 6.41. The Morgan fingerprint density at radius 3 is 2.41 bits per heavy atom. The van der Waals surface area contributed by atoms with Crippen LogP contribution in [0, 0.1) is 13.8 Å². The second kappa shape index (κ2) is 8.71. The maximum atomic E-state index is 12.1. The van der Waals surface area contributed by atoms with E-state index < -0.39 is 5.91 Å². The molecule has 0 aliphatic carbocycles. The average molecular weight is 383 g/mol. The molecule has 3 rings (SSSR count). The number of phenols is 1. The smallest absolute Gasteiger partial charge is 0.268 e. The van der Waals surface area contributed by atoms with E-state index in [1.807, 2.05) is 42.5 Å².